The van der Waals surface area contributed by atoms with E-state index in [4.69, 9.17) is 0 Å². The number of benzene rings is 1. The number of thiophene rings is 1. The summed E-state index contributed by atoms with van der Waals surface area (Å²) in [4.78, 5) is 23.6. The molecule has 0 radical (unpaired) electrons. The largest absolute Gasteiger partial charge is 0.355 e. The highest BCUT2D eigenvalue weighted by Crippen LogP contribution is 2.39. The summed E-state index contributed by atoms with van der Waals surface area (Å²) in [5.41, 5.74) is 2.00. The molecule has 3 aliphatic rings. The van der Waals surface area contributed by atoms with Crippen LogP contribution in [0, 0.1) is 5.92 Å². The molecular weight excluding hydrogens is 549 g/mol. The fraction of sp³-hybridized carbons (Fsp3) is 0.448. The Morgan fingerprint density at radius 3 is 2.44 bits per heavy atom. The minimum atomic E-state index is -3.85. The van der Waals surface area contributed by atoms with Crippen LogP contribution in [0.2, 0.25) is 0 Å². The third-order valence-corrected chi connectivity index (χ3v) is 11.8. The highest BCUT2D eigenvalue weighted by atomic mass is 32.2. The van der Waals surface area contributed by atoms with E-state index in [2.05, 4.69) is 28.1 Å². The van der Waals surface area contributed by atoms with Crippen LogP contribution < -0.4 is 9.80 Å². The number of hydrogen-bond donors (Lipinski definition) is 0. The molecule has 7 nitrogen and oxygen atoms in total. The minimum Gasteiger partial charge on any atom is -0.355 e. The van der Waals surface area contributed by atoms with E-state index in [9.17, 15) is 13.2 Å². The van der Waals surface area contributed by atoms with Gasteiger partial charge in [-0.05, 0) is 42.5 Å². The highest BCUT2D eigenvalue weighted by molar-refractivity contribution is 7.99. The topological polar surface area (TPSA) is 73.8 Å². The molecular formula is C29H34N4O3S3. The van der Waals surface area contributed by atoms with Gasteiger partial charge in [-0.25, -0.2) is 13.4 Å². The predicted octanol–water partition coefficient (Wildman–Crippen LogP) is 5.35. The first-order valence-corrected chi connectivity index (χ1v) is 17.2. The van der Waals surface area contributed by atoms with Crippen molar-refractivity contribution in [2.45, 2.75) is 43.0 Å². The molecule has 1 atom stereocenters. The van der Waals surface area contributed by atoms with Crippen molar-refractivity contribution in [2.24, 2.45) is 5.92 Å². The molecule has 2 saturated heterocycles. The average Bonchev–Trinajstić information content (AvgIpc) is 3.48. The standard InChI is InChI=1S/C29H34N4O3S3/c34-29-20-32(39(35,36)25-11-12-28(30-18-25)31-13-15-37-16-14-31)19-26(22-7-3-1-4-8-22)33(29)24-17-27(38-21-24)23-9-5-2-6-10-23/h2,5-6,9-12,17-18,21-22,26H,1,3-4,7-8,13-16,19-20H2. The van der Waals surface area contributed by atoms with Gasteiger partial charge >= 0.3 is 0 Å². The van der Waals surface area contributed by atoms with Crippen LogP contribution in [0.3, 0.4) is 0 Å². The number of sulfonamides is 1. The lowest BCUT2D eigenvalue weighted by molar-refractivity contribution is -0.121. The highest BCUT2D eigenvalue weighted by Gasteiger charge is 2.43. The van der Waals surface area contributed by atoms with Crippen LogP contribution in [-0.2, 0) is 14.8 Å². The predicted molar refractivity (Wildman–Crippen MR) is 160 cm³/mol. The SMILES string of the molecule is O=C1CN(S(=O)(=O)c2ccc(N3CCSCC3)nc2)CC(C2CCCCC2)N1c1csc(-c2ccccc2)c1. The second-order valence-corrected chi connectivity index (χ2v) is 14.6. The van der Waals surface area contributed by atoms with Crippen LogP contribution in [0.25, 0.3) is 10.4 Å². The molecule has 1 aromatic carbocycles. The van der Waals surface area contributed by atoms with Gasteiger partial charge in [-0.15, -0.1) is 11.3 Å². The minimum absolute atomic E-state index is 0.156. The molecule has 3 fully saturated rings. The van der Waals surface area contributed by atoms with Crippen LogP contribution in [0.5, 0.6) is 0 Å². The Labute approximate surface area is 239 Å². The molecule has 6 rings (SSSR count). The Balaban J connectivity index is 1.27. The second-order valence-electron chi connectivity index (χ2n) is 10.5. The zero-order valence-corrected chi connectivity index (χ0v) is 24.4. The molecule has 0 N–H and O–H groups in total. The number of aromatic nitrogens is 1. The summed E-state index contributed by atoms with van der Waals surface area (Å²) in [6.45, 7) is 1.98. The van der Waals surface area contributed by atoms with Crippen molar-refractivity contribution in [2.75, 3.05) is 47.5 Å². The van der Waals surface area contributed by atoms with Gasteiger partial charge in [0, 0.05) is 47.6 Å². The number of piperazine rings is 1. The number of rotatable bonds is 6. The van der Waals surface area contributed by atoms with Crippen LogP contribution in [0.4, 0.5) is 11.5 Å². The Kier molecular flexibility index (Phi) is 7.98. The molecule has 1 amide bonds. The molecule has 3 aromatic rings. The summed E-state index contributed by atoms with van der Waals surface area (Å²) in [5, 5.41) is 2.04. The first-order chi connectivity index (χ1) is 19.0. The number of pyridine rings is 1. The van der Waals surface area contributed by atoms with E-state index in [1.54, 1.807) is 23.5 Å². The number of amides is 1. The van der Waals surface area contributed by atoms with E-state index in [0.717, 1.165) is 72.2 Å². The Morgan fingerprint density at radius 1 is 0.949 bits per heavy atom. The van der Waals surface area contributed by atoms with Gasteiger partial charge < -0.3 is 9.80 Å². The Bertz CT molecular complexity index is 1380. The van der Waals surface area contributed by atoms with Crippen molar-refractivity contribution in [3.63, 3.8) is 0 Å². The molecule has 1 unspecified atom stereocenters. The lowest BCUT2D eigenvalue weighted by Crippen LogP contribution is -2.60. The van der Waals surface area contributed by atoms with Gasteiger partial charge in [0.05, 0.1) is 18.3 Å². The van der Waals surface area contributed by atoms with Gasteiger partial charge in [-0.2, -0.15) is 16.1 Å². The number of thioether (sulfide) groups is 1. The first-order valence-electron chi connectivity index (χ1n) is 13.8. The molecule has 0 bridgehead atoms. The van der Waals surface area contributed by atoms with Crippen LogP contribution in [0.15, 0.2) is 65.0 Å². The molecule has 0 spiro atoms. The van der Waals surface area contributed by atoms with Crippen molar-refractivity contribution < 1.29 is 13.2 Å². The van der Waals surface area contributed by atoms with Crippen molar-refractivity contribution in [3.05, 3.63) is 60.1 Å². The fourth-order valence-electron chi connectivity index (χ4n) is 6.02. The smallest absolute Gasteiger partial charge is 0.245 e. The van der Waals surface area contributed by atoms with Gasteiger partial charge in [0.25, 0.3) is 0 Å². The number of nitrogens with zero attached hydrogens (tertiary/aromatic N) is 4. The van der Waals surface area contributed by atoms with E-state index in [0.29, 0.717) is 6.54 Å². The lowest BCUT2D eigenvalue weighted by atomic mass is 9.82. The van der Waals surface area contributed by atoms with Gasteiger partial charge in [0.1, 0.15) is 10.7 Å². The molecule has 4 heterocycles. The molecule has 1 aliphatic carbocycles. The van der Waals surface area contributed by atoms with E-state index in [-0.39, 0.29) is 29.3 Å². The summed E-state index contributed by atoms with van der Waals surface area (Å²) < 4.78 is 29.0. The zero-order valence-electron chi connectivity index (χ0n) is 21.9. The maximum absolute atomic E-state index is 13.8. The van der Waals surface area contributed by atoms with Crippen molar-refractivity contribution in [1.29, 1.82) is 0 Å². The van der Waals surface area contributed by atoms with Crippen LogP contribution in [0.1, 0.15) is 32.1 Å². The summed E-state index contributed by atoms with van der Waals surface area (Å²) >= 11 is 3.55. The summed E-state index contributed by atoms with van der Waals surface area (Å²) in [6, 6.07) is 15.5. The van der Waals surface area contributed by atoms with Gasteiger partial charge in [-0.1, -0.05) is 49.6 Å². The number of carbonyl (C=O) groups excluding carboxylic acids is 1. The van der Waals surface area contributed by atoms with E-state index >= 15 is 0 Å². The molecule has 206 valence electrons. The van der Waals surface area contributed by atoms with Gasteiger partial charge in [0.15, 0.2) is 0 Å². The van der Waals surface area contributed by atoms with Crippen molar-refractivity contribution in [1.82, 2.24) is 9.29 Å². The maximum Gasteiger partial charge on any atom is 0.245 e. The van der Waals surface area contributed by atoms with Crippen molar-refractivity contribution >= 4 is 50.5 Å². The summed E-state index contributed by atoms with van der Waals surface area (Å²) in [5.74, 6) is 3.02. The number of hydrogen-bond acceptors (Lipinski definition) is 7. The number of anilines is 2. The normalized spacial score (nSPS) is 21.8. The van der Waals surface area contributed by atoms with Gasteiger partial charge in [0.2, 0.25) is 15.9 Å². The van der Waals surface area contributed by atoms with Gasteiger partial charge in [-0.3, -0.25) is 4.79 Å². The summed E-state index contributed by atoms with van der Waals surface area (Å²) in [7, 11) is -3.85. The average molecular weight is 583 g/mol. The zero-order chi connectivity index (χ0) is 26.8. The Hall–Kier alpha value is -2.40. The first kappa shape index (κ1) is 26.8. The van der Waals surface area contributed by atoms with E-state index in [1.165, 1.54) is 16.9 Å². The fourth-order valence-corrected chi connectivity index (χ4v) is 9.17. The molecule has 2 aliphatic heterocycles. The molecule has 10 heteroatoms. The second kappa shape index (κ2) is 11.6. The molecule has 39 heavy (non-hydrogen) atoms. The van der Waals surface area contributed by atoms with Crippen molar-refractivity contribution in [3.8, 4) is 10.4 Å². The molecule has 2 aromatic heterocycles. The van der Waals surface area contributed by atoms with Crippen LogP contribution >= 0.6 is 23.1 Å². The quantitative estimate of drug-likeness (QED) is 0.390. The van der Waals surface area contributed by atoms with Crippen LogP contribution in [-0.4, -0.2) is 67.3 Å². The monoisotopic (exact) mass is 582 g/mol. The maximum atomic E-state index is 13.8. The third-order valence-electron chi connectivity index (χ3n) is 8.11. The van der Waals surface area contributed by atoms with E-state index < -0.39 is 10.0 Å². The lowest BCUT2D eigenvalue weighted by Gasteiger charge is -2.44. The Morgan fingerprint density at radius 2 is 1.72 bits per heavy atom. The number of carbonyl (C=O) groups is 1. The third kappa shape index (κ3) is 5.62. The molecule has 1 saturated carbocycles. The van der Waals surface area contributed by atoms with E-state index in [1.807, 2.05) is 40.2 Å². The summed E-state index contributed by atoms with van der Waals surface area (Å²) in [6.07, 6.45) is 6.93.